The molecule has 1 saturated heterocycles. The maximum Gasteiger partial charge on any atom is 0.241 e. The van der Waals surface area contributed by atoms with E-state index < -0.39 is 16.1 Å². The van der Waals surface area contributed by atoms with E-state index in [4.69, 9.17) is 0 Å². The molecule has 8 nitrogen and oxygen atoms in total. The minimum atomic E-state index is -3.83. The molecule has 2 rings (SSSR count). The number of nitrogens with zero attached hydrogens (tertiary/aromatic N) is 1. The van der Waals surface area contributed by atoms with Gasteiger partial charge in [-0.3, -0.25) is 9.59 Å². The summed E-state index contributed by atoms with van der Waals surface area (Å²) < 4.78 is 27.3. The number of hydrogen-bond donors (Lipinski definition) is 3. The number of carbonyl (C=O) groups is 2. The molecule has 1 aliphatic heterocycles. The molecule has 9 heteroatoms. The van der Waals surface area contributed by atoms with Gasteiger partial charge in [-0.25, -0.2) is 8.42 Å². The molecule has 1 heterocycles. The van der Waals surface area contributed by atoms with Crippen molar-refractivity contribution in [2.75, 3.05) is 31.5 Å². The largest absolute Gasteiger partial charge is 0.355 e. The van der Waals surface area contributed by atoms with E-state index in [1.807, 2.05) is 0 Å². The van der Waals surface area contributed by atoms with Gasteiger partial charge in [0.25, 0.3) is 0 Å². The molecule has 1 aromatic carbocycles. The Morgan fingerprint density at radius 3 is 2.37 bits per heavy atom. The van der Waals surface area contributed by atoms with Gasteiger partial charge in [0.05, 0.1) is 10.9 Å². The number of unbranched alkanes of at least 4 members (excludes halogenated alkanes) is 1. The predicted molar refractivity (Wildman–Crippen MR) is 118 cm³/mol. The molecule has 0 saturated carbocycles. The second-order valence-corrected chi connectivity index (χ2v) is 9.78. The average molecular weight is 439 g/mol. The molecule has 1 atom stereocenters. The van der Waals surface area contributed by atoms with E-state index in [0.29, 0.717) is 12.2 Å². The Morgan fingerprint density at radius 1 is 1.13 bits per heavy atom. The van der Waals surface area contributed by atoms with E-state index in [0.717, 1.165) is 38.4 Å². The van der Waals surface area contributed by atoms with Crippen LogP contribution in [0.25, 0.3) is 0 Å². The van der Waals surface area contributed by atoms with E-state index in [2.05, 4.69) is 27.2 Å². The Balaban J connectivity index is 1.71. The van der Waals surface area contributed by atoms with Crippen molar-refractivity contribution in [2.45, 2.75) is 57.4 Å². The maximum atomic E-state index is 12.5. The lowest BCUT2D eigenvalue weighted by molar-refractivity contribution is -0.122. The van der Waals surface area contributed by atoms with Crippen LogP contribution >= 0.6 is 0 Å². The summed E-state index contributed by atoms with van der Waals surface area (Å²) in [6.07, 6.45) is 4.38. The van der Waals surface area contributed by atoms with Crippen LogP contribution in [0.15, 0.2) is 29.2 Å². The summed E-state index contributed by atoms with van der Waals surface area (Å²) in [6, 6.07) is 4.90. The molecule has 0 radical (unpaired) electrons. The number of rotatable bonds is 10. The molecule has 0 bridgehead atoms. The summed E-state index contributed by atoms with van der Waals surface area (Å²) in [7, 11) is -3.83. The van der Waals surface area contributed by atoms with Gasteiger partial charge in [0, 0.05) is 19.2 Å². The topological polar surface area (TPSA) is 108 Å². The smallest absolute Gasteiger partial charge is 0.241 e. The van der Waals surface area contributed by atoms with Crippen molar-refractivity contribution < 1.29 is 18.0 Å². The van der Waals surface area contributed by atoms with Crippen molar-refractivity contribution in [1.82, 2.24) is 14.9 Å². The maximum absolute atomic E-state index is 12.5. The summed E-state index contributed by atoms with van der Waals surface area (Å²) in [6.45, 7) is 9.06. The molecule has 1 aromatic rings. The summed E-state index contributed by atoms with van der Waals surface area (Å²) >= 11 is 0. The summed E-state index contributed by atoms with van der Waals surface area (Å²) in [5, 5.41) is 5.38. The third-order valence-corrected chi connectivity index (χ3v) is 6.84. The zero-order chi connectivity index (χ0) is 22.1. The molecule has 1 fully saturated rings. The Kier molecular flexibility index (Phi) is 9.26. The number of benzene rings is 1. The first-order chi connectivity index (χ1) is 14.2. The Labute approximate surface area is 179 Å². The monoisotopic (exact) mass is 438 g/mol. The molecular formula is C21H34N4O4S. The van der Waals surface area contributed by atoms with Crippen LogP contribution in [0.4, 0.5) is 5.69 Å². The van der Waals surface area contributed by atoms with Gasteiger partial charge in [-0.1, -0.05) is 6.92 Å². The van der Waals surface area contributed by atoms with Crippen LogP contribution in [0.3, 0.4) is 0 Å². The lowest BCUT2D eigenvalue weighted by atomic mass is 9.99. The number of piperidine rings is 1. The lowest BCUT2D eigenvalue weighted by Crippen LogP contribution is -2.45. The molecule has 168 valence electrons. The molecule has 0 aromatic heterocycles. The first-order valence-electron chi connectivity index (χ1n) is 10.6. The molecular weight excluding hydrogens is 404 g/mol. The van der Waals surface area contributed by atoms with Crippen LogP contribution in [0.5, 0.6) is 0 Å². The van der Waals surface area contributed by atoms with Crippen LogP contribution < -0.4 is 15.4 Å². The molecule has 3 N–H and O–H groups in total. The highest BCUT2D eigenvalue weighted by atomic mass is 32.2. The predicted octanol–water partition coefficient (Wildman–Crippen LogP) is 1.94. The van der Waals surface area contributed by atoms with Crippen molar-refractivity contribution in [3.63, 3.8) is 0 Å². The molecule has 1 aliphatic rings. The fraction of sp³-hybridized carbons (Fsp3) is 0.619. The van der Waals surface area contributed by atoms with Gasteiger partial charge in [-0.05, 0) is 82.4 Å². The highest BCUT2D eigenvalue weighted by molar-refractivity contribution is 7.89. The third kappa shape index (κ3) is 8.04. The molecule has 2 amide bonds. The number of anilines is 1. The third-order valence-electron chi connectivity index (χ3n) is 5.29. The molecule has 0 spiro atoms. The van der Waals surface area contributed by atoms with Crippen LogP contribution in [-0.4, -0.2) is 57.4 Å². The average Bonchev–Trinajstić information content (AvgIpc) is 2.68. The van der Waals surface area contributed by atoms with Crippen LogP contribution in [0, 0.1) is 5.92 Å². The van der Waals surface area contributed by atoms with Crippen molar-refractivity contribution in [3.8, 4) is 0 Å². The second kappa shape index (κ2) is 11.4. The van der Waals surface area contributed by atoms with Gasteiger partial charge in [0.2, 0.25) is 21.8 Å². The normalized spacial score (nSPS) is 16.8. The number of amides is 2. The fourth-order valence-corrected chi connectivity index (χ4v) is 4.59. The lowest BCUT2D eigenvalue weighted by Gasteiger charge is -2.30. The van der Waals surface area contributed by atoms with Crippen LogP contribution in [0.1, 0.15) is 46.5 Å². The molecule has 0 unspecified atom stereocenters. The molecule has 0 aliphatic carbocycles. The van der Waals surface area contributed by atoms with Gasteiger partial charge >= 0.3 is 0 Å². The standard InChI is InChI=1S/C21H34N4O4S/c1-16-10-14-25(15-11-16)13-5-4-12-22-21(27)17(2)24-30(28,29)20-8-6-19(7-9-20)23-18(3)26/h6-9,16-17,24H,4-5,10-15H2,1-3H3,(H,22,27)(H,23,26)/t17-/m0/s1. The quantitative estimate of drug-likeness (QED) is 0.484. The van der Waals surface area contributed by atoms with E-state index in [1.54, 1.807) is 0 Å². The number of nitrogens with one attached hydrogen (secondary N) is 3. The van der Waals surface area contributed by atoms with Crippen LogP contribution in [0.2, 0.25) is 0 Å². The van der Waals surface area contributed by atoms with Gasteiger partial charge in [0.15, 0.2) is 0 Å². The fourth-order valence-electron chi connectivity index (χ4n) is 3.39. The van der Waals surface area contributed by atoms with Gasteiger partial charge < -0.3 is 15.5 Å². The number of sulfonamides is 1. The Morgan fingerprint density at radius 2 is 1.77 bits per heavy atom. The highest BCUT2D eigenvalue weighted by Gasteiger charge is 2.22. The summed E-state index contributed by atoms with van der Waals surface area (Å²) in [5.41, 5.74) is 0.506. The van der Waals surface area contributed by atoms with Crippen molar-refractivity contribution >= 4 is 27.5 Å². The number of likely N-dealkylation sites (tertiary alicyclic amines) is 1. The van der Waals surface area contributed by atoms with E-state index >= 15 is 0 Å². The van der Waals surface area contributed by atoms with Crippen molar-refractivity contribution in [2.24, 2.45) is 5.92 Å². The SMILES string of the molecule is CC(=O)Nc1ccc(S(=O)(=O)N[C@@H](C)C(=O)NCCCCN2CCC(C)CC2)cc1. The minimum absolute atomic E-state index is 0.0344. The summed E-state index contributed by atoms with van der Waals surface area (Å²) in [4.78, 5) is 25.8. The zero-order valence-electron chi connectivity index (χ0n) is 18.1. The van der Waals surface area contributed by atoms with E-state index in [-0.39, 0.29) is 16.7 Å². The Bertz CT molecular complexity index is 803. The van der Waals surface area contributed by atoms with Gasteiger partial charge in [0.1, 0.15) is 0 Å². The van der Waals surface area contributed by atoms with Crippen molar-refractivity contribution in [3.05, 3.63) is 24.3 Å². The zero-order valence-corrected chi connectivity index (χ0v) is 18.9. The van der Waals surface area contributed by atoms with Crippen molar-refractivity contribution in [1.29, 1.82) is 0 Å². The Hall–Kier alpha value is -1.97. The first kappa shape index (κ1) is 24.3. The second-order valence-electron chi connectivity index (χ2n) is 8.07. The summed E-state index contributed by atoms with van der Waals surface area (Å²) in [5.74, 6) is 0.237. The minimum Gasteiger partial charge on any atom is -0.355 e. The van der Waals surface area contributed by atoms with E-state index in [1.165, 1.54) is 51.0 Å². The van der Waals surface area contributed by atoms with Gasteiger partial charge in [-0.2, -0.15) is 4.72 Å². The van der Waals surface area contributed by atoms with E-state index in [9.17, 15) is 18.0 Å². The number of hydrogen-bond acceptors (Lipinski definition) is 5. The van der Waals surface area contributed by atoms with Crippen LogP contribution in [-0.2, 0) is 19.6 Å². The molecule has 30 heavy (non-hydrogen) atoms. The number of carbonyl (C=O) groups excluding carboxylic acids is 2. The first-order valence-corrected chi connectivity index (χ1v) is 12.1. The highest BCUT2D eigenvalue weighted by Crippen LogP contribution is 2.16. The van der Waals surface area contributed by atoms with Gasteiger partial charge in [-0.15, -0.1) is 0 Å².